The Morgan fingerprint density at radius 1 is 1.09 bits per heavy atom. The van der Waals surface area contributed by atoms with Crippen molar-refractivity contribution >= 4 is 56.9 Å². The highest BCUT2D eigenvalue weighted by molar-refractivity contribution is 9.10. The van der Waals surface area contributed by atoms with Crippen molar-refractivity contribution < 1.29 is 23.9 Å². The number of likely N-dealkylation sites (tertiary alicyclic amines) is 1. The second-order valence-electron chi connectivity index (χ2n) is 8.60. The minimum absolute atomic E-state index is 0.104. The first kappa shape index (κ1) is 25.1. The lowest BCUT2D eigenvalue weighted by molar-refractivity contribution is -0.159. The summed E-state index contributed by atoms with van der Waals surface area (Å²) in [5.41, 5.74) is 1.92. The van der Waals surface area contributed by atoms with Gasteiger partial charge in [-0.15, -0.1) is 0 Å². The summed E-state index contributed by atoms with van der Waals surface area (Å²) in [5, 5.41) is 3.14. The molecule has 0 saturated carbocycles. The SMILES string of the molecule is Cc1c(NC(=O)COC(=O)[C@H](Cc2ccccc2)N2C(=O)[C@H]3CC=CC[C@@H]3C2=O)ccc(Br)c1Cl. The van der Waals surface area contributed by atoms with Gasteiger partial charge in [-0.25, -0.2) is 4.79 Å². The summed E-state index contributed by atoms with van der Waals surface area (Å²) in [6.07, 6.45) is 4.82. The molecule has 2 aromatic rings. The number of fused-ring (bicyclic) bond motifs is 1. The third-order valence-corrected chi connectivity index (χ3v) is 7.73. The minimum Gasteiger partial charge on any atom is -0.454 e. The summed E-state index contributed by atoms with van der Waals surface area (Å²) in [7, 11) is 0. The Kier molecular flexibility index (Phi) is 7.72. The molecule has 0 radical (unpaired) electrons. The fraction of sp³-hybridized carbons (Fsp3) is 0.308. The zero-order valence-electron chi connectivity index (χ0n) is 19.0. The lowest BCUT2D eigenvalue weighted by atomic mass is 9.85. The normalized spacial score (nSPS) is 19.9. The van der Waals surface area contributed by atoms with Crippen LogP contribution in [-0.2, 0) is 30.3 Å². The molecular weight excluding hydrogens is 536 g/mol. The van der Waals surface area contributed by atoms with Crippen LogP contribution in [0.25, 0.3) is 0 Å². The first-order valence-corrected chi connectivity index (χ1v) is 12.4. The number of carbonyl (C=O) groups is 4. The van der Waals surface area contributed by atoms with Crippen molar-refractivity contribution in [1.29, 1.82) is 0 Å². The van der Waals surface area contributed by atoms with Gasteiger partial charge in [-0.3, -0.25) is 19.3 Å². The van der Waals surface area contributed by atoms with Gasteiger partial charge in [-0.2, -0.15) is 0 Å². The summed E-state index contributed by atoms with van der Waals surface area (Å²) in [4.78, 5) is 53.0. The van der Waals surface area contributed by atoms with Crippen LogP contribution in [-0.4, -0.2) is 41.2 Å². The molecule has 35 heavy (non-hydrogen) atoms. The average molecular weight is 560 g/mol. The average Bonchev–Trinajstić information content (AvgIpc) is 3.12. The van der Waals surface area contributed by atoms with Gasteiger partial charge in [0.15, 0.2) is 6.61 Å². The Bertz CT molecular complexity index is 1170. The monoisotopic (exact) mass is 558 g/mol. The molecule has 0 spiro atoms. The van der Waals surface area contributed by atoms with Gasteiger partial charge >= 0.3 is 5.97 Å². The molecule has 2 aromatic carbocycles. The smallest absolute Gasteiger partial charge is 0.330 e. The second-order valence-corrected chi connectivity index (χ2v) is 9.83. The fourth-order valence-corrected chi connectivity index (χ4v) is 5.05. The highest BCUT2D eigenvalue weighted by atomic mass is 79.9. The Hall–Kier alpha value is -2.97. The van der Waals surface area contributed by atoms with Crippen LogP contribution in [0.2, 0.25) is 5.02 Å². The molecule has 2 aliphatic rings. The molecule has 182 valence electrons. The van der Waals surface area contributed by atoms with Crippen molar-refractivity contribution in [3.8, 4) is 0 Å². The van der Waals surface area contributed by atoms with E-state index in [0.717, 1.165) is 10.5 Å². The van der Waals surface area contributed by atoms with Crippen molar-refractivity contribution in [1.82, 2.24) is 4.90 Å². The molecule has 1 saturated heterocycles. The number of rotatable bonds is 7. The van der Waals surface area contributed by atoms with E-state index in [1.807, 2.05) is 42.5 Å². The number of hydrogen-bond donors (Lipinski definition) is 1. The number of ether oxygens (including phenoxy) is 1. The number of benzene rings is 2. The summed E-state index contributed by atoms with van der Waals surface area (Å²) in [6.45, 7) is 1.19. The number of carbonyl (C=O) groups excluding carboxylic acids is 4. The van der Waals surface area contributed by atoms with Crippen LogP contribution in [0.3, 0.4) is 0 Å². The van der Waals surface area contributed by atoms with Gasteiger partial charge in [0.05, 0.1) is 16.9 Å². The van der Waals surface area contributed by atoms with Crippen LogP contribution in [0.15, 0.2) is 59.1 Å². The zero-order valence-corrected chi connectivity index (χ0v) is 21.3. The van der Waals surface area contributed by atoms with E-state index in [4.69, 9.17) is 16.3 Å². The highest BCUT2D eigenvalue weighted by Gasteiger charge is 2.51. The number of imide groups is 1. The van der Waals surface area contributed by atoms with Crippen LogP contribution in [0.4, 0.5) is 5.69 Å². The van der Waals surface area contributed by atoms with E-state index in [-0.39, 0.29) is 18.2 Å². The Labute approximate surface area is 216 Å². The topological polar surface area (TPSA) is 92.8 Å². The number of hydrogen-bond acceptors (Lipinski definition) is 5. The van der Waals surface area contributed by atoms with Crippen molar-refractivity contribution in [2.45, 2.75) is 32.2 Å². The Balaban J connectivity index is 1.49. The molecule has 1 aliphatic heterocycles. The summed E-state index contributed by atoms with van der Waals surface area (Å²) in [6, 6.07) is 11.3. The van der Waals surface area contributed by atoms with Gasteiger partial charge in [0.2, 0.25) is 11.8 Å². The van der Waals surface area contributed by atoms with E-state index in [0.29, 0.717) is 33.6 Å². The number of nitrogens with one attached hydrogen (secondary N) is 1. The molecule has 1 N–H and O–H groups in total. The third kappa shape index (κ3) is 5.33. The van der Waals surface area contributed by atoms with Crippen LogP contribution >= 0.6 is 27.5 Å². The quantitative estimate of drug-likeness (QED) is 0.307. The van der Waals surface area contributed by atoms with E-state index in [9.17, 15) is 19.2 Å². The highest BCUT2D eigenvalue weighted by Crippen LogP contribution is 2.37. The summed E-state index contributed by atoms with van der Waals surface area (Å²) in [5.74, 6) is -3.03. The fourth-order valence-electron chi connectivity index (χ4n) is 4.46. The molecule has 9 heteroatoms. The van der Waals surface area contributed by atoms with Crippen molar-refractivity contribution in [2.75, 3.05) is 11.9 Å². The molecule has 3 amide bonds. The summed E-state index contributed by atoms with van der Waals surface area (Å²) >= 11 is 9.53. The first-order chi connectivity index (χ1) is 16.8. The standard InChI is InChI=1S/C26H24BrClN2O5/c1-15-20(12-11-19(27)23(15)28)29-22(31)14-35-26(34)21(13-16-7-3-2-4-8-16)30-24(32)17-9-5-6-10-18(17)25(30)33/h2-8,11-12,17-18,21H,9-10,13-14H2,1H3,(H,29,31)/t17-,18-,21-/m0/s1. The number of allylic oxidation sites excluding steroid dienone is 2. The molecule has 1 aliphatic carbocycles. The van der Waals surface area contributed by atoms with E-state index in [1.165, 1.54) is 0 Å². The van der Waals surface area contributed by atoms with Gasteiger partial charge in [0.25, 0.3) is 5.91 Å². The molecule has 1 fully saturated rings. The predicted molar refractivity (Wildman–Crippen MR) is 135 cm³/mol. The number of anilines is 1. The van der Waals surface area contributed by atoms with Crippen LogP contribution in [0, 0.1) is 18.8 Å². The van der Waals surface area contributed by atoms with Gasteiger partial charge < -0.3 is 10.1 Å². The molecule has 3 atom stereocenters. The van der Waals surface area contributed by atoms with Crippen molar-refractivity contribution in [2.24, 2.45) is 11.8 Å². The summed E-state index contributed by atoms with van der Waals surface area (Å²) < 4.78 is 6.01. The van der Waals surface area contributed by atoms with E-state index < -0.39 is 36.4 Å². The van der Waals surface area contributed by atoms with Gasteiger partial charge in [-0.05, 0) is 59.0 Å². The largest absolute Gasteiger partial charge is 0.454 e. The predicted octanol–water partition coefficient (Wildman–Crippen LogP) is 4.46. The molecule has 7 nitrogen and oxygen atoms in total. The van der Waals surface area contributed by atoms with E-state index >= 15 is 0 Å². The lowest BCUT2D eigenvalue weighted by Crippen LogP contribution is -2.48. The second kappa shape index (κ2) is 10.7. The van der Waals surface area contributed by atoms with Gasteiger partial charge in [0, 0.05) is 16.6 Å². The third-order valence-electron chi connectivity index (χ3n) is 6.36. The van der Waals surface area contributed by atoms with Crippen molar-refractivity contribution in [3.63, 3.8) is 0 Å². The molecule has 4 rings (SSSR count). The molecule has 0 aromatic heterocycles. The molecule has 1 heterocycles. The molecule has 0 unspecified atom stereocenters. The van der Waals surface area contributed by atoms with Crippen LogP contribution < -0.4 is 5.32 Å². The number of esters is 1. The zero-order chi connectivity index (χ0) is 25.1. The Morgan fingerprint density at radius 2 is 1.71 bits per heavy atom. The maximum atomic E-state index is 13.2. The van der Waals surface area contributed by atoms with Crippen LogP contribution in [0.1, 0.15) is 24.0 Å². The molecular formula is C26H24BrClN2O5. The number of halogens is 2. The van der Waals surface area contributed by atoms with E-state index in [1.54, 1.807) is 19.1 Å². The van der Waals surface area contributed by atoms with Crippen molar-refractivity contribution in [3.05, 3.63) is 75.2 Å². The number of nitrogens with zero attached hydrogens (tertiary/aromatic N) is 1. The maximum Gasteiger partial charge on any atom is 0.330 e. The Morgan fingerprint density at radius 3 is 2.34 bits per heavy atom. The van der Waals surface area contributed by atoms with Gasteiger partial charge in [0.1, 0.15) is 6.04 Å². The number of amides is 3. The first-order valence-electron chi connectivity index (χ1n) is 11.2. The minimum atomic E-state index is -1.15. The van der Waals surface area contributed by atoms with E-state index in [2.05, 4.69) is 21.2 Å². The van der Waals surface area contributed by atoms with Crippen LogP contribution in [0.5, 0.6) is 0 Å². The maximum absolute atomic E-state index is 13.2. The lowest BCUT2D eigenvalue weighted by Gasteiger charge is -2.25. The molecule has 0 bridgehead atoms. The van der Waals surface area contributed by atoms with Gasteiger partial charge in [-0.1, -0.05) is 54.1 Å².